The number of fused-ring (bicyclic) bond motifs is 2. The van der Waals surface area contributed by atoms with Crippen LogP contribution in [-0.4, -0.2) is 16.2 Å². The van der Waals surface area contributed by atoms with E-state index in [-0.39, 0.29) is 18.1 Å². The van der Waals surface area contributed by atoms with E-state index < -0.39 is 5.97 Å². The van der Waals surface area contributed by atoms with Crippen molar-refractivity contribution in [3.63, 3.8) is 0 Å². The maximum absolute atomic E-state index is 11.3. The summed E-state index contributed by atoms with van der Waals surface area (Å²) in [7, 11) is 0. The third-order valence-electron chi connectivity index (χ3n) is 4.83. The molecule has 1 aliphatic rings. The van der Waals surface area contributed by atoms with Crippen LogP contribution in [0.2, 0.25) is 0 Å². The van der Waals surface area contributed by atoms with Crippen molar-refractivity contribution >= 4 is 5.97 Å². The average Bonchev–Trinajstić information content (AvgIpc) is 2.69. The van der Waals surface area contributed by atoms with E-state index in [1.54, 1.807) is 6.07 Å². The van der Waals surface area contributed by atoms with E-state index in [1.807, 2.05) is 31.2 Å². The van der Waals surface area contributed by atoms with Gasteiger partial charge < -0.3 is 10.2 Å². The molecule has 0 heterocycles. The monoisotopic (exact) mass is 321 g/mol. The summed E-state index contributed by atoms with van der Waals surface area (Å²) in [6.07, 6.45) is 1.92. The zero-order valence-electron chi connectivity index (χ0n) is 13.5. The van der Waals surface area contributed by atoms with Crippen molar-refractivity contribution in [3.05, 3.63) is 63.7 Å². The van der Waals surface area contributed by atoms with Crippen LogP contribution in [0, 0.1) is 11.3 Å². The molecular formula is C20H19NO3. The van der Waals surface area contributed by atoms with Crippen LogP contribution in [0.3, 0.4) is 0 Å². The normalized spacial score (nSPS) is 15.8. The molecule has 2 aromatic carbocycles. The van der Waals surface area contributed by atoms with E-state index in [4.69, 9.17) is 0 Å². The lowest BCUT2D eigenvalue weighted by Gasteiger charge is -2.18. The van der Waals surface area contributed by atoms with Gasteiger partial charge in [-0.3, -0.25) is 4.79 Å². The number of aliphatic carboxylic acids is 1. The molecule has 0 aromatic heterocycles. The topological polar surface area (TPSA) is 81.3 Å². The molecule has 1 aliphatic carbocycles. The number of carbonyl (C=O) groups is 1. The van der Waals surface area contributed by atoms with E-state index in [0.717, 1.165) is 27.8 Å². The maximum atomic E-state index is 11.3. The molecule has 24 heavy (non-hydrogen) atoms. The Labute approximate surface area is 141 Å². The minimum atomic E-state index is -0.824. The number of phenolic OH excluding ortho intramolecular Hbond substituents is 1. The Bertz CT molecular complexity index is 849. The summed E-state index contributed by atoms with van der Waals surface area (Å²) in [5.41, 5.74) is 5.31. The largest absolute Gasteiger partial charge is 0.507 e. The number of nitriles is 1. The first-order valence-electron chi connectivity index (χ1n) is 8.11. The van der Waals surface area contributed by atoms with Crippen molar-refractivity contribution in [1.29, 1.82) is 5.26 Å². The van der Waals surface area contributed by atoms with Crippen molar-refractivity contribution in [3.8, 4) is 11.8 Å². The molecule has 0 bridgehead atoms. The third-order valence-corrected chi connectivity index (χ3v) is 4.83. The SMILES string of the molecule is CCc1c(C#N)c(O)cc2c1C[C@@H](CC(=O)O)c1ccccc1C2. The number of hydrogen-bond acceptors (Lipinski definition) is 3. The zero-order valence-corrected chi connectivity index (χ0v) is 13.5. The standard InChI is InChI=1S/C20H19NO3/c1-2-15-17-8-14(10-20(23)24)16-6-4-3-5-12(16)7-13(17)9-19(22)18(15)11-21/h3-6,9,14,22H,2,7-8,10H2,1H3,(H,23,24)/t14-/m0/s1. The Morgan fingerprint density at radius 1 is 1.33 bits per heavy atom. The molecule has 0 aliphatic heterocycles. The van der Waals surface area contributed by atoms with E-state index in [2.05, 4.69) is 6.07 Å². The van der Waals surface area contributed by atoms with Gasteiger partial charge in [0.25, 0.3) is 0 Å². The van der Waals surface area contributed by atoms with Gasteiger partial charge >= 0.3 is 5.97 Å². The minimum absolute atomic E-state index is 0.0160. The Hall–Kier alpha value is -2.80. The van der Waals surface area contributed by atoms with Gasteiger partial charge in [0.2, 0.25) is 0 Å². The Morgan fingerprint density at radius 2 is 2.08 bits per heavy atom. The van der Waals surface area contributed by atoms with Gasteiger partial charge in [0, 0.05) is 0 Å². The molecule has 0 saturated heterocycles. The maximum Gasteiger partial charge on any atom is 0.303 e. The molecule has 0 spiro atoms. The summed E-state index contributed by atoms with van der Waals surface area (Å²) in [6.45, 7) is 1.96. The molecule has 4 heteroatoms. The lowest BCUT2D eigenvalue weighted by Crippen LogP contribution is -2.11. The van der Waals surface area contributed by atoms with Crippen LogP contribution in [0.15, 0.2) is 30.3 Å². The van der Waals surface area contributed by atoms with Gasteiger partial charge in [-0.25, -0.2) is 0 Å². The number of carboxylic acids is 1. The van der Waals surface area contributed by atoms with Gasteiger partial charge in [-0.1, -0.05) is 31.2 Å². The predicted octanol–water partition coefficient (Wildman–Crippen LogP) is 3.53. The average molecular weight is 321 g/mol. The van der Waals surface area contributed by atoms with E-state index in [1.165, 1.54) is 0 Å². The van der Waals surface area contributed by atoms with Gasteiger partial charge in [-0.15, -0.1) is 0 Å². The summed E-state index contributed by atoms with van der Waals surface area (Å²) in [6, 6.07) is 11.7. The van der Waals surface area contributed by atoms with Crippen LogP contribution >= 0.6 is 0 Å². The van der Waals surface area contributed by atoms with E-state index >= 15 is 0 Å². The smallest absolute Gasteiger partial charge is 0.303 e. The first kappa shape index (κ1) is 16.1. The molecule has 3 rings (SSSR count). The number of rotatable bonds is 3. The fourth-order valence-corrected chi connectivity index (χ4v) is 3.80. The molecule has 2 N–H and O–H groups in total. The van der Waals surface area contributed by atoms with Crippen molar-refractivity contribution in [2.75, 3.05) is 0 Å². The van der Waals surface area contributed by atoms with Crippen LogP contribution in [0.4, 0.5) is 0 Å². The van der Waals surface area contributed by atoms with Crippen LogP contribution in [0.1, 0.15) is 52.6 Å². The lowest BCUT2D eigenvalue weighted by atomic mass is 9.86. The second kappa shape index (κ2) is 6.37. The van der Waals surface area contributed by atoms with Gasteiger partial charge in [0.05, 0.1) is 12.0 Å². The third kappa shape index (κ3) is 2.74. The second-order valence-electron chi connectivity index (χ2n) is 6.23. The number of hydrogen-bond donors (Lipinski definition) is 2. The molecule has 4 nitrogen and oxygen atoms in total. The van der Waals surface area contributed by atoms with Crippen LogP contribution in [0.25, 0.3) is 0 Å². The van der Waals surface area contributed by atoms with Gasteiger partial charge in [-0.2, -0.15) is 5.26 Å². The molecule has 0 unspecified atom stereocenters. The van der Waals surface area contributed by atoms with Gasteiger partial charge in [0.15, 0.2) is 0 Å². The molecule has 1 atom stereocenters. The van der Waals surface area contributed by atoms with Crippen LogP contribution in [-0.2, 0) is 24.1 Å². The highest BCUT2D eigenvalue weighted by atomic mass is 16.4. The summed E-state index contributed by atoms with van der Waals surface area (Å²) in [4.78, 5) is 11.3. The zero-order chi connectivity index (χ0) is 17.3. The first-order valence-corrected chi connectivity index (χ1v) is 8.11. The molecular weight excluding hydrogens is 302 g/mol. The lowest BCUT2D eigenvalue weighted by molar-refractivity contribution is -0.137. The van der Waals surface area contributed by atoms with Gasteiger partial charge in [-0.05, 0) is 59.1 Å². The van der Waals surface area contributed by atoms with Crippen LogP contribution in [0.5, 0.6) is 5.75 Å². The Balaban J connectivity index is 2.21. The minimum Gasteiger partial charge on any atom is -0.507 e. The first-order chi connectivity index (χ1) is 11.5. The Kier molecular flexibility index (Phi) is 4.26. The van der Waals surface area contributed by atoms with Crippen molar-refractivity contribution in [2.24, 2.45) is 0 Å². The van der Waals surface area contributed by atoms with Crippen molar-refractivity contribution in [2.45, 2.75) is 38.5 Å². The quantitative estimate of drug-likeness (QED) is 0.906. The van der Waals surface area contributed by atoms with Crippen LogP contribution < -0.4 is 0 Å². The van der Waals surface area contributed by atoms with Crippen molar-refractivity contribution < 1.29 is 15.0 Å². The highest BCUT2D eigenvalue weighted by Crippen LogP contribution is 2.38. The summed E-state index contributed by atoms with van der Waals surface area (Å²) in [5, 5.41) is 28.9. The summed E-state index contributed by atoms with van der Waals surface area (Å²) >= 11 is 0. The number of aromatic hydroxyl groups is 1. The molecule has 122 valence electrons. The number of benzene rings is 2. The highest BCUT2D eigenvalue weighted by Gasteiger charge is 2.27. The number of nitrogens with zero attached hydrogens (tertiary/aromatic N) is 1. The second-order valence-corrected chi connectivity index (χ2v) is 6.23. The number of phenols is 1. The fraction of sp³-hybridized carbons (Fsp3) is 0.300. The molecule has 0 saturated carbocycles. The molecule has 0 amide bonds. The Morgan fingerprint density at radius 3 is 2.75 bits per heavy atom. The molecule has 0 fully saturated rings. The van der Waals surface area contributed by atoms with E-state index in [9.17, 15) is 20.3 Å². The molecule has 0 radical (unpaired) electrons. The summed E-state index contributed by atoms with van der Waals surface area (Å²) in [5.74, 6) is -0.931. The fourth-order valence-electron chi connectivity index (χ4n) is 3.80. The molecule has 2 aromatic rings. The predicted molar refractivity (Wildman–Crippen MR) is 90.1 cm³/mol. The highest BCUT2D eigenvalue weighted by molar-refractivity contribution is 5.69. The van der Waals surface area contributed by atoms with Crippen molar-refractivity contribution in [1.82, 2.24) is 0 Å². The summed E-state index contributed by atoms with van der Waals surface area (Å²) < 4.78 is 0. The van der Waals surface area contributed by atoms with E-state index in [0.29, 0.717) is 24.8 Å². The number of carboxylic acid groups (broad SMARTS) is 1. The van der Waals surface area contributed by atoms with Gasteiger partial charge in [0.1, 0.15) is 11.8 Å².